The van der Waals surface area contributed by atoms with Gasteiger partial charge in [-0.1, -0.05) is 0 Å². The van der Waals surface area contributed by atoms with Crippen LogP contribution < -0.4 is 0 Å². The first kappa shape index (κ1) is 11.9. The average Bonchev–Trinajstić information content (AvgIpc) is 2.23. The van der Waals surface area contributed by atoms with Gasteiger partial charge in [0.05, 0.1) is 12.2 Å². The Kier molecular flexibility index (Phi) is 3.25. The topological polar surface area (TPSA) is 40.5 Å². The van der Waals surface area contributed by atoms with Gasteiger partial charge < -0.3 is 10.2 Å². The molecule has 0 heterocycles. The van der Waals surface area contributed by atoms with Crippen molar-refractivity contribution >= 4 is 0 Å². The lowest BCUT2D eigenvalue weighted by Crippen LogP contribution is -2.13. The second-order valence-electron chi connectivity index (χ2n) is 2.68. The first-order valence-electron chi connectivity index (χ1n) is 3.72. The number of hydrogen-bond acceptors (Lipinski definition) is 2. The molecule has 0 saturated heterocycles. The quantitative estimate of drug-likeness (QED) is 0.456. The normalized spacial score (nSPS) is 13.0. The van der Waals surface area contributed by atoms with Crippen molar-refractivity contribution in [3.8, 4) is 0 Å². The van der Waals surface area contributed by atoms with Crippen LogP contribution in [0.2, 0.25) is 0 Å². The number of aliphatic hydroxyl groups excluding tert-OH is 2. The molecule has 1 aromatic carbocycles. The van der Waals surface area contributed by atoms with Gasteiger partial charge in [0.2, 0.25) is 5.82 Å². The highest BCUT2D eigenvalue weighted by Crippen LogP contribution is 2.27. The summed E-state index contributed by atoms with van der Waals surface area (Å²) < 4.78 is 63.3. The van der Waals surface area contributed by atoms with Crippen LogP contribution in [0.4, 0.5) is 22.0 Å². The van der Waals surface area contributed by atoms with Crippen LogP contribution in [0.1, 0.15) is 11.7 Å². The third-order valence-electron chi connectivity index (χ3n) is 1.75. The molecular formula is C8H5F5O2. The standard InChI is InChI=1S/C8H5F5O2/c9-4-3(2(15)1-14)5(10)7(12)8(13)6(4)11/h2,14-15H,1H2/t2-/m1/s1. The number of halogens is 5. The Morgan fingerprint density at radius 3 is 1.47 bits per heavy atom. The zero-order valence-corrected chi connectivity index (χ0v) is 7.07. The second kappa shape index (κ2) is 4.11. The summed E-state index contributed by atoms with van der Waals surface area (Å²) >= 11 is 0. The van der Waals surface area contributed by atoms with Gasteiger partial charge in [0.25, 0.3) is 0 Å². The van der Waals surface area contributed by atoms with E-state index in [0.29, 0.717) is 0 Å². The lowest BCUT2D eigenvalue weighted by atomic mass is 10.1. The zero-order valence-electron chi connectivity index (χ0n) is 7.07. The molecule has 2 nitrogen and oxygen atoms in total. The molecule has 0 aliphatic carbocycles. The lowest BCUT2D eigenvalue weighted by molar-refractivity contribution is 0.0873. The Morgan fingerprint density at radius 2 is 1.13 bits per heavy atom. The molecule has 0 aliphatic heterocycles. The molecule has 0 unspecified atom stereocenters. The molecule has 1 rings (SSSR count). The van der Waals surface area contributed by atoms with E-state index in [1.54, 1.807) is 0 Å². The predicted octanol–water partition coefficient (Wildman–Crippen LogP) is 1.41. The van der Waals surface area contributed by atoms with Crippen LogP contribution in [0.15, 0.2) is 0 Å². The molecule has 1 aromatic rings. The maximum Gasteiger partial charge on any atom is 0.200 e. The van der Waals surface area contributed by atoms with Gasteiger partial charge in [0.15, 0.2) is 23.3 Å². The van der Waals surface area contributed by atoms with Crippen molar-refractivity contribution in [1.29, 1.82) is 0 Å². The van der Waals surface area contributed by atoms with Gasteiger partial charge in [0, 0.05) is 0 Å². The highest BCUT2D eigenvalue weighted by molar-refractivity contribution is 5.26. The highest BCUT2D eigenvalue weighted by atomic mass is 19.2. The van der Waals surface area contributed by atoms with Crippen molar-refractivity contribution in [2.75, 3.05) is 6.61 Å². The van der Waals surface area contributed by atoms with E-state index in [4.69, 9.17) is 10.2 Å². The predicted molar refractivity (Wildman–Crippen MR) is 38.3 cm³/mol. The molecule has 84 valence electrons. The van der Waals surface area contributed by atoms with Gasteiger partial charge >= 0.3 is 0 Å². The molecule has 0 radical (unpaired) electrons. The smallest absolute Gasteiger partial charge is 0.200 e. The average molecular weight is 228 g/mol. The summed E-state index contributed by atoms with van der Waals surface area (Å²) in [4.78, 5) is 0. The minimum Gasteiger partial charge on any atom is -0.393 e. The fraction of sp³-hybridized carbons (Fsp3) is 0.250. The summed E-state index contributed by atoms with van der Waals surface area (Å²) in [6.07, 6.45) is -2.16. The zero-order chi connectivity index (χ0) is 11.7. The molecule has 0 bridgehead atoms. The van der Waals surface area contributed by atoms with Crippen LogP contribution in [0.3, 0.4) is 0 Å². The van der Waals surface area contributed by atoms with Gasteiger partial charge in [0.1, 0.15) is 6.10 Å². The van der Waals surface area contributed by atoms with E-state index in [9.17, 15) is 22.0 Å². The molecule has 0 saturated carbocycles. The van der Waals surface area contributed by atoms with Crippen molar-refractivity contribution in [2.45, 2.75) is 6.10 Å². The Bertz CT molecular complexity index is 364. The van der Waals surface area contributed by atoms with Crippen LogP contribution >= 0.6 is 0 Å². The van der Waals surface area contributed by atoms with E-state index < -0.39 is 47.4 Å². The van der Waals surface area contributed by atoms with Crippen molar-refractivity contribution < 1.29 is 32.2 Å². The minimum atomic E-state index is -2.31. The lowest BCUT2D eigenvalue weighted by Gasteiger charge is -2.11. The molecule has 15 heavy (non-hydrogen) atoms. The summed E-state index contributed by atoms with van der Waals surface area (Å²) in [5, 5.41) is 17.2. The van der Waals surface area contributed by atoms with E-state index in [1.165, 1.54) is 0 Å². The number of aliphatic hydroxyl groups is 2. The monoisotopic (exact) mass is 228 g/mol. The third-order valence-corrected chi connectivity index (χ3v) is 1.75. The van der Waals surface area contributed by atoms with Gasteiger partial charge in [-0.05, 0) is 0 Å². The van der Waals surface area contributed by atoms with Gasteiger partial charge in [-0.3, -0.25) is 0 Å². The second-order valence-corrected chi connectivity index (χ2v) is 2.68. The molecule has 0 spiro atoms. The minimum absolute atomic E-state index is 1.15. The molecule has 0 aromatic heterocycles. The Morgan fingerprint density at radius 1 is 0.800 bits per heavy atom. The molecule has 0 fully saturated rings. The summed E-state index contributed by atoms with van der Waals surface area (Å²) in [6.45, 7) is -1.15. The number of hydrogen-bond donors (Lipinski definition) is 2. The highest BCUT2D eigenvalue weighted by Gasteiger charge is 2.29. The maximum absolute atomic E-state index is 12.8. The van der Waals surface area contributed by atoms with E-state index >= 15 is 0 Å². The third kappa shape index (κ3) is 1.80. The fourth-order valence-corrected chi connectivity index (χ4v) is 1.01. The van der Waals surface area contributed by atoms with Crippen LogP contribution in [0.5, 0.6) is 0 Å². The Labute approximate surface area is 80.6 Å². The molecule has 0 amide bonds. The van der Waals surface area contributed by atoms with Gasteiger partial charge in [-0.2, -0.15) is 0 Å². The molecule has 2 N–H and O–H groups in total. The van der Waals surface area contributed by atoms with Gasteiger partial charge in [-0.15, -0.1) is 0 Å². The van der Waals surface area contributed by atoms with Crippen molar-refractivity contribution in [2.24, 2.45) is 0 Å². The van der Waals surface area contributed by atoms with Crippen LogP contribution in [-0.4, -0.2) is 16.8 Å². The summed E-state index contributed by atoms with van der Waals surface area (Å²) in [5.74, 6) is -10.9. The first-order valence-corrected chi connectivity index (χ1v) is 3.72. The van der Waals surface area contributed by atoms with Crippen LogP contribution in [0, 0.1) is 29.1 Å². The van der Waals surface area contributed by atoms with E-state index in [2.05, 4.69) is 0 Å². The van der Waals surface area contributed by atoms with E-state index in [-0.39, 0.29) is 0 Å². The van der Waals surface area contributed by atoms with Crippen molar-refractivity contribution in [3.63, 3.8) is 0 Å². The molecule has 1 atom stereocenters. The van der Waals surface area contributed by atoms with Crippen molar-refractivity contribution in [3.05, 3.63) is 34.6 Å². The van der Waals surface area contributed by atoms with E-state index in [1.807, 2.05) is 0 Å². The first-order chi connectivity index (χ1) is 6.91. The summed E-state index contributed by atoms with van der Waals surface area (Å²) in [6, 6.07) is 0. The summed E-state index contributed by atoms with van der Waals surface area (Å²) in [7, 11) is 0. The Balaban J connectivity index is 3.52. The SMILES string of the molecule is OC[C@@H](O)c1c(F)c(F)c(F)c(F)c1F. The van der Waals surface area contributed by atoms with Crippen LogP contribution in [-0.2, 0) is 0 Å². The van der Waals surface area contributed by atoms with Crippen LogP contribution in [0.25, 0.3) is 0 Å². The Hall–Kier alpha value is -1.21. The maximum atomic E-state index is 12.8. The van der Waals surface area contributed by atoms with Crippen molar-refractivity contribution in [1.82, 2.24) is 0 Å². The largest absolute Gasteiger partial charge is 0.393 e. The molecular weight excluding hydrogens is 223 g/mol. The summed E-state index contributed by atoms with van der Waals surface area (Å²) in [5.41, 5.74) is -1.44. The fourth-order valence-electron chi connectivity index (χ4n) is 1.01. The number of rotatable bonds is 2. The number of benzene rings is 1. The van der Waals surface area contributed by atoms with E-state index in [0.717, 1.165) is 0 Å². The molecule has 0 aliphatic rings. The van der Waals surface area contributed by atoms with Gasteiger partial charge in [-0.25, -0.2) is 22.0 Å². The molecule has 7 heteroatoms.